The molecule has 0 radical (unpaired) electrons. The van der Waals surface area contributed by atoms with Crippen LogP contribution in [0.2, 0.25) is 0 Å². The van der Waals surface area contributed by atoms with Crippen molar-refractivity contribution in [2.24, 2.45) is 14.1 Å². The number of benzene rings is 1. The molecule has 0 aliphatic carbocycles. The van der Waals surface area contributed by atoms with Gasteiger partial charge >= 0.3 is 5.97 Å². The monoisotopic (exact) mass is 414 g/mol. The van der Waals surface area contributed by atoms with Crippen LogP contribution in [0.25, 0.3) is 0 Å². The van der Waals surface area contributed by atoms with Crippen molar-refractivity contribution in [3.63, 3.8) is 0 Å². The second-order valence-electron chi connectivity index (χ2n) is 6.10. The number of hydrazine groups is 1. The third kappa shape index (κ3) is 5.89. The van der Waals surface area contributed by atoms with E-state index in [1.165, 1.54) is 65.0 Å². The number of para-hydroxylation sites is 1. The summed E-state index contributed by atoms with van der Waals surface area (Å²) < 4.78 is 15.8. The van der Waals surface area contributed by atoms with Gasteiger partial charge in [-0.15, -0.1) is 0 Å². The van der Waals surface area contributed by atoms with Crippen LogP contribution in [-0.4, -0.2) is 26.1 Å². The number of halogens is 1. The Morgan fingerprint density at radius 1 is 0.867 bits per heavy atom. The van der Waals surface area contributed by atoms with Gasteiger partial charge in [0.05, 0.1) is 16.8 Å². The highest BCUT2D eigenvalue weighted by atomic mass is 19.1. The molecular formula is C20H19FN4O5. The third-order valence-corrected chi connectivity index (χ3v) is 3.87. The molecule has 2 heterocycles. The number of hydrogen-bond acceptors (Lipinski definition) is 5. The Morgan fingerprint density at radius 2 is 1.40 bits per heavy atom. The maximum Gasteiger partial charge on any atom is 0.337 e. The lowest BCUT2D eigenvalue weighted by atomic mass is 10.2. The van der Waals surface area contributed by atoms with Crippen LogP contribution in [0.3, 0.4) is 0 Å². The molecule has 0 saturated heterocycles. The first kappa shape index (κ1) is 22.1. The van der Waals surface area contributed by atoms with E-state index in [0.717, 1.165) is 0 Å². The van der Waals surface area contributed by atoms with Crippen LogP contribution in [0.4, 0.5) is 10.1 Å². The van der Waals surface area contributed by atoms with Crippen molar-refractivity contribution in [1.29, 1.82) is 0 Å². The standard InChI is InChI=1S/C13H12FN3O2.C7H7NO3/c1-17-8-9(6-7-12(17)18)13(19)16-15-11-5-3-2-4-10(11)14;1-8-4-5(7(10)11)2-3-6(8)9/h2-8,15H,1H3,(H,16,19);2-4H,1H3,(H,10,11). The second-order valence-corrected chi connectivity index (χ2v) is 6.10. The molecule has 0 bridgehead atoms. The Kier molecular flexibility index (Phi) is 7.23. The molecule has 0 fully saturated rings. The van der Waals surface area contributed by atoms with E-state index in [1.54, 1.807) is 19.2 Å². The fraction of sp³-hybridized carbons (Fsp3) is 0.100. The number of aromatic nitrogens is 2. The Bertz CT molecular complexity index is 1190. The van der Waals surface area contributed by atoms with Gasteiger partial charge in [0, 0.05) is 38.6 Å². The third-order valence-electron chi connectivity index (χ3n) is 3.87. The summed E-state index contributed by atoms with van der Waals surface area (Å²) in [6.45, 7) is 0. The number of nitrogens with one attached hydrogen (secondary N) is 2. The van der Waals surface area contributed by atoms with Crippen molar-refractivity contribution in [2.45, 2.75) is 0 Å². The first-order valence-corrected chi connectivity index (χ1v) is 8.56. The zero-order chi connectivity index (χ0) is 22.3. The first-order valence-electron chi connectivity index (χ1n) is 8.56. The van der Waals surface area contributed by atoms with E-state index in [4.69, 9.17) is 5.11 Å². The number of carboxylic acid groups (broad SMARTS) is 1. The second kappa shape index (κ2) is 9.82. The summed E-state index contributed by atoms with van der Waals surface area (Å²) in [5.74, 6) is -1.96. The quantitative estimate of drug-likeness (QED) is 0.554. The summed E-state index contributed by atoms with van der Waals surface area (Å²) in [7, 11) is 3.05. The molecule has 3 rings (SSSR count). The minimum Gasteiger partial charge on any atom is -0.478 e. The molecule has 10 heteroatoms. The molecule has 0 aliphatic heterocycles. The Labute approximate surface area is 170 Å². The van der Waals surface area contributed by atoms with E-state index in [-0.39, 0.29) is 22.4 Å². The molecule has 0 aliphatic rings. The molecule has 1 amide bonds. The number of carbonyl (C=O) groups excluding carboxylic acids is 1. The van der Waals surface area contributed by atoms with Gasteiger partial charge in [-0.05, 0) is 24.3 Å². The van der Waals surface area contributed by atoms with Gasteiger partial charge in [-0.2, -0.15) is 0 Å². The smallest absolute Gasteiger partial charge is 0.337 e. The number of nitrogens with zero attached hydrogens (tertiary/aromatic N) is 2. The fourth-order valence-electron chi connectivity index (χ4n) is 2.21. The zero-order valence-electron chi connectivity index (χ0n) is 16.1. The number of carboxylic acids is 1. The van der Waals surface area contributed by atoms with Crippen molar-refractivity contribution in [2.75, 3.05) is 5.43 Å². The van der Waals surface area contributed by atoms with Crippen LogP contribution in [-0.2, 0) is 14.1 Å². The number of pyridine rings is 2. The summed E-state index contributed by atoms with van der Waals surface area (Å²) in [5.41, 5.74) is 5.00. The molecule has 0 spiro atoms. The molecule has 0 atom stereocenters. The average Bonchev–Trinajstić information content (AvgIpc) is 2.71. The molecule has 30 heavy (non-hydrogen) atoms. The van der Waals surface area contributed by atoms with Gasteiger partial charge in [-0.25, -0.2) is 9.18 Å². The van der Waals surface area contributed by atoms with Gasteiger partial charge in [0.25, 0.3) is 5.91 Å². The summed E-state index contributed by atoms with van der Waals surface area (Å²) in [4.78, 5) is 44.1. The van der Waals surface area contributed by atoms with Crippen molar-refractivity contribution in [1.82, 2.24) is 14.6 Å². The predicted octanol–water partition coefficient (Wildman–Crippen LogP) is 1.36. The van der Waals surface area contributed by atoms with Crippen LogP contribution in [0.5, 0.6) is 0 Å². The van der Waals surface area contributed by atoms with Crippen molar-refractivity contribution in [3.05, 3.63) is 98.6 Å². The molecule has 3 aromatic rings. The molecule has 2 aromatic heterocycles. The molecule has 0 unspecified atom stereocenters. The Balaban J connectivity index is 0.000000248. The fourth-order valence-corrected chi connectivity index (χ4v) is 2.21. The van der Waals surface area contributed by atoms with Crippen LogP contribution in [0.1, 0.15) is 20.7 Å². The average molecular weight is 414 g/mol. The van der Waals surface area contributed by atoms with Gasteiger partial charge in [-0.3, -0.25) is 25.2 Å². The Morgan fingerprint density at radius 3 is 1.93 bits per heavy atom. The maximum absolute atomic E-state index is 13.3. The summed E-state index contributed by atoms with van der Waals surface area (Å²) in [5, 5.41) is 8.48. The molecular weight excluding hydrogens is 395 g/mol. The largest absolute Gasteiger partial charge is 0.478 e. The number of rotatable bonds is 4. The molecule has 0 saturated carbocycles. The normalized spacial score (nSPS) is 9.83. The van der Waals surface area contributed by atoms with Gasteiger partial charge in [0.2, 0.25) is 11.1 Å². The topological polar surface area (TPSA) is 122 Å². The van der Waals surface area contributed by atoms with Gasteiger partial charge in [0.1, 0.15) is 5.82 Å². The first-order chi connectivity index (χ1) is 14.2. The number of anilines is 1. The van der Waals surface area contributed by atoms with E-state index in [0.29, 0.717) is 5.56 Å². The highest BCUT2D eigenvalue weighted by molar-refractivity contribution is 5.94. The summed E-state index contributed by atoms with van der Waals surface area (Å²) in [6, 6.07) is 11.2. The van der Waals surface area contributed by atoms with Gasteiger partial charge in [-0.1, -0.05) is 12.1 Å². The predicted molar refractivity (Wildman–Crippen MR) is 108 cm³/mol. The maximum atomic E-state index is 13.3. The Hall–Kier alpha value is -4.21. The van der Waals surface area contributed by atoms with Gasteiger partial charge < -0.3 is 14.2 Å². The van der Waals surface area contributed by atoms with Crippen LogP contribution >= 0.6 is 0 Å². The molecule has 3 N–H and O–H groups in total. The molecule has 9 nitrogen and oxygen atoms in total. The molecule has 1 aromatic carbocycles. The minimum atomic E-state index is -1.03. The van der Waals surface area contributed by atoms with E-state index in [9.17, 15) is 23.6 Å². The highest BCUT2D eigenvalue weighted by Gasteiger charge is 2.07. The van der Waals surface area contributed by atoms with Crippen molar-refractivity contribution >= 4 is 17.6 Å². The van der Waals surface area contributed by atoms with E-state index >= 15 is 0 Å². The summed E-state index contributed by atoms with van der Waals surface area (Å²) >= 11 is 0. The lowest BCUT2D eigenvalue weighted by Gasteiger charge is -2.09. The van der Waals surface area contributed by atoms with E-state index in [1.807, 2.05) is 0 Å². The van der Waals surface area contributed by atoms with E-state index < -0.39 is 17.7 Å². The number of hydrogen-bond donors (Lipinski definition) is 3. The van der Waals surface area contributed by atoms with E-state index in [2.05, 4.69) is 10.9 Å². The SMILES string of the molecule is Cn1cc(C(=O)NNc2ccccc2F)ccc1=O.Cn1cc(C(=O)O)ccc1=O. The number of aryl methyl sites for hydroxylation is 2. The van der Waals surface area contributed by atoms with Crippen LogP contribution in [0.15, 0.2) is 70.5 Å². The summed E-state index contributed by atoms with van der Waals surface area (Å²) in [6.07, 6.45) is 2.69. The minimum absolute atomic E-state index is 0.118. The lowest BCUT2D eigenvalue weighted by molar-refractivity contribution is 0.0695. The lowest BCUT2D eigenvalue weighted by Crippen LogP contribution is -2.31. The van der Waals surface area contributed by atoms with Crippen LogP contribution < -0.4 is 22.0 Å². The molecule has 156 valence electrons. The van der Waals surface area contributed by atoms with Crippen LogP contribution in [0, 0.1) is 5.82 Å². The highest BCUT2D eigenvalue weighted by Crippen LogP contribution is 2.10. The number of amides is 1. The van der Waals surface area contributed by atoms with Gasteiger partial charge in [0.15, 0.2) is 0 Å². The number of carbonyl (C=O) groups is 2. The zero-order valence-corrected chi connectivity index (χ0v) is 16.1. The van der Waals surface area contributed by atoms with Crippen molar-refractivity contribution < 1.29 is 19.1 Å². The number of aromatic carboxylic acids is 1. The van der Waals surface area contributed by atoms with Crippen molar-refractivity contribution in [3.8, 4) is 0 Å².